The Kier molecular flexibility index (Phi) is 4.11. The van der Waals surface area contributed by atoms with Gasteiger partial charge in [-0.15, -0.1) is 0 Å². The molecular formula is C15H24FN3. The zero-order chi connectivity index (χ0) is 14.2. The number of hydrogen-bond acceptors (Lipinski definition) is 3. The smallest absolute Gasteiger partial charge is 0.123 e. The Labute approximate surface area is 115 Å². The molecule has 0 amide bonds. The minimum atomic E-state index is -0.216. The second-order valence-electron chi connectivity index (χ2n) is 5.76. The molecule has 1 heterocycles. The maximum Gasteiger partial charge on any atom is 0.123 e. The number of piperazine rings is 1. The molecule has 0 aliphatic carbocycles. The molecule has 0 saturated carbocycles. The Bertz CT molecular complexity index is 435. The summed E-state index contributed by atoms with van der Waals surface area (Å²) in [7, 11) is 2.16. The number of anilines is 1. The van der Waals surface area contributed by atoms with Crippen LogP contribution in [0.3, 0.4) is 0 Å². The fourth-order valence-electron chi connectivity index (χ4n) is 2.78. The van der Waals surface area contributed by atoms with E-state index in [2.05, 4.69) is 30.7 Å². The van der Waals surface area contributed by atoms with Gasteiger partial charge in [0.05, 0.1) is 0 Å². The van der Waals surface area contributed by atoms with Crippen molar-refractivity contribution in [3.05, 3.63) is 29.6 Å². The van der Waals surface area contributed by atoms with E-state index in [1.165, 1.54) is 6.07 Å². The molecule has 2 N–H and O–H groups in total. The third-order valence-corrected chi connectivity index (χ3v) is 4.18. The summed E-state index contributed by atoms with van der Waals surface area (Å²) in [4.78, 5) is 4.71. The Balaban J connectivity index is 2.31. The molecule has 2 rings (SSSR count). The highest BCUT2D eigenvalue weighted by molar-refractivity contribution is 5.55. The Morgan fingerprint density at radius 3 is 2.37 bits per heavy atom. The van der Waals surface area contributed by atoms with E-state index in [1.54, 1.807) is 6.07 Å². The molecule has 1 fully saturated rings. The van der Waals surface area contributed by atoms with Crippen molar-refractivity contribution in [1.82, 2.24) is 4.90 Å². The first-order valence-electron chi connectivity index (χ1n) is 6.92. The second kappa shape index (κ2) is 5.47. The Hall–Kier alpha value is -1.13. The third kappa shape index (κ3) is 2.90. The van der Waals surface area contributed by atoms with E-state index >= 15 is 0 Å². The lowest BCUT2D eigenvalue weighted by Gasteiger charge is -2.44. The van der Waals surface area contributed by atoms with Gasteiger partial charge in [-0.2, -0.15) is 0 Å². The molecule has 1 saturated heterocycles. The van der Waals surface area contributed by atoms with Crippen LogP contribution in [0.5, 0.6) is 0 Å². The fraction of sp³-hybridized carbons (Fsp3) is 0.600. The number of likely N-dealkylation sites (N-methyl/N-ethyl adjacent to an activating group) is 1. The van der Waals surface area contributed by atoms with Crippen LogP contribution in [0.15, 0.2) is 18.2 Å². The van der Waals surface area contributed by atoms with Gasteiger partial charge in [-0.05, 0) is 51.6 Å². The zero-order valence-corrected chi connectivity index (χ0v) is 12.2. The summed E-state index contributed by atoms with van der Waals surface area (Å²) in [5.41, 5.74) is 7.95. The van der Waals surface area contributed by atoms with Gasteiger partial charge in [-0.3, -0.25) is 4.90 Å². The number of nitrogens with zero attached hydrogens (tertiary/aromatic N) is 2. The summed E-state index contributed by atoms with van der Waals surface area (Å²) in [6.07, 6.45) is 0. The first kappa shape index (κ1) is 14.3. The molecule has 3 atom stereocenters. The average molecular weight is 265 g/mol. The van der Waals surface area contributed by atoms with Crippen molar-refractivity contribution in [2.45, 2.75) is 38.9 Å². The van der Waals surface area contributed by atoms with Crippen LogP contribution in [0.25, 0.3) is 0 Å². The lowest BCUT2D eigenvalue weighted by atomic mass is 10.0. The van der Waals surface area contributed by atoms with Gasteiger partial charge >= 0.3 is 0 Å². The topological polar surface area (TPSA) is 32.5 Å². The molecular weight excluding hydrogens is 241 g/mol. The molecule has 1 aromatic carbocycles. The van der Waals surface area contributed by atoms with E-state index in [9.17, 15) is 4.39 Å². The van der Waals surface area contributed by atoms with Crippen LogP contribution in [-0.2, 0) is 0 Å². The Morgan fingerprint density at radius 1 is 1.26 bits per heavy atom. The highest BCUT2D eigenvalue weighted by Crippen LogP contribution is 2.29. The minimum absolute atomic E-state index is 0.157. The van der Waals surface area contributed by atoms with Crippen molar-refractivity contribution in [3.8, 4) is 0 Å². The quantitative estimate of drug-likeness (QED) is 0.891. The standard InChI is InChI=1S/C15H24FN3/c1-10-8-19(9-11(2)18(10)4)15-6-5-13(16)7-14(15)12(3)17/h5-7,10-12H,8-9,17H2,1-4H3/t10?,11?,12-/m1/s1. The van der Waals surface area contributed by atoms with E-state index in [4.69, 9.17) is 5.73 Å². The molecule has 2 unspecified atom stereocenters. The molecule has 0 bridgehead atoms. The molecule has 0 aromatic heterocycles. The van der Waals surface area contributed by atoms with Crippen LogP contribution >= 0.6 is 0 Å². The van der Waals surface area contributed by atoms with Gasteiger partial charge in [0.1, 0.15) is 5.82 Å². The van der Waals surface area contributed by atoms with Crippen molar-refractivity contribution >= 4 is 5.69 Å². The largest absolute Gasteiger partial charge is 0.368 e. The molecule has 1 aliphatic rings. The van der Waals surface area contributed by atoms with Crippen molar-refractivity contribution in [3.63, 3.8) is 0 Å². The lowest BCUT2D eigenvalue weighted by molar-refractivity contribution is 0.170. The van der Waals surface area contributed by atoms with Crippen LogP contribution < -0.4 is 10.6 Å². The van der Waals surface area contributed by atoms with Crippen LogP contribution in [0.1, 0.15) is 32.4 Å². The first-order valence-corrected chi connectivity index (χ1v) is 6.92. The maximum atomic E-state index is 13.4. The van der Waals surface area contributed by atoms with E-state index in [0.29, 0.717) is 12.1 Å². The number of benzene rings is 1. The highest BCUT2D eigenvalue weighted by Gasteiger charge is 2.28. The summed E-state index contributed by atoms with van der Waals surface area (Å²) in [6, 6.07) is 5.75. The fourth-order valence-corrected chi connectivity index (χ4v) is 2.78. The monoisotopic (exact) mass is 265 g/mol. The second-order valence-corrected chi connectivity index (χ2v) is 5.76. The summed E-state index contributed by atoms with van der Waals surface area (Å²) < 4.78 is 13.4. The van der Waals surface area contributed by atoms with Gasteiger partial charge in [0.2, 0.25) is 0 Å². The number of nitrogens with two attached hydrogens (primary N) is 1. The highest BCUT2D eigenvalue weighted by atomic mass is 19.1. The van der Waals surface area contributed by atoms with Crippen LogP contribution in [0, 0.1) is 5.82 Å². The number of halogens is 1. The van der Waals surface area contributed by atoms with Gasteiger partial charge in [0.15, 0.2) is 0 Å². The molecule has 4 heteroatoms. The molecule has 0 radical (unpaired) electrons. The van der Waals surface area contributed by atoms with Gasteiger partial charge < -0.3 is 10.6 Å². The van der Waals surface area contributed by atoms with Crippen molar-refractivity contribution in [2.75, 3.05) is 25.0 Å². The zero-order valence-electron chi connectivity index (χ0n) is 12.2. The minimum Gasteiger partial charge on any atom is -0.368 e. The molecule has 3 nitrogen and oxygen atoms in total. The van der Waals surface area contributed by atoms with Crippen molar-refractivity contribution in [2.24, 2.45) is 5.73 Å². The van der Waals surface area contributed by atoms with Crippen LogP contribution in [-0.4, -0.2) is 37.1 Å². The predicted molar refractivity (Wildman–Crippen MR) is 77.9 cm³/mol. The Morgan fingerprint density at radius 2 is 1.84 bits per heavy atom. The SMILES string of the molecule is CC1CN(c2ccc(F)cc2[C@@H](C)N)CC(C)N1C. The van der Waals surface area contributed by atoms with Gasteiger partial charge in [-0.25, -0.2) is 4.39 Å². The summed E-state index contributed by atoms with van der Waals surface area (Å²) in [5.74, 6) is -0.216. The van der Waals surface area contributed by atoms with Gasteiger partial charge in [-0.1, -0.05) is 0 Å². The maximum absolute atomic E-state index is 13.4. The third-order valence-electron chi connectivity index (χ3n) is 4.18. The number of hydrogen-bond donors (Lipinski definition) is 1. The molecule has 19 heavy (non-hydrogen) atoms. The van der Waals surface area contributed by atoms with Crippen molar-refractivity contribution in [1.29, 1.82) is 0 Å². The van der Waals surface area contributed by atoms with E-state index in [-0.39, 0.29) is 11.9 Å². The van der Waals surface area contributed by atoms with Gasteiger partial charge in [0, 0.05) is 36.9 Å². The van der Waals surface area contributed by atoms with E-state index < -0.39 is 0 Å². The normalized spacial score (nSPS) is 26.5. The molecule has 0 spiro atoms. The lowest BCUT2D eigenvalue weighted by Crippen LogP contribution is -2.55. The summed E-state index contributed by atoms with van der Waals surface area (Å²) in [5, 5.41) is 0. The van der Waals surface area contributed by atoms with E-state index in [0.717, 1.165) is 24.3 Å². The van der Waals surface area contributed by atoms with E-state index in [1.807, 2.05) is 13.0 Å². The van der Waals surface area contributed by atoms with Crippen LogP contribution in [0.2, 0.25) is 0 Å². The molecule has 1 aromatic rings. The molecule has 106 valence electrons. The number of rotatable bonds is 2. The average Bonchev–Trinajstić information content (AvgIpc) is 2.35. The first-order chi connectivity index (χ1) is 8.90. The van der Waals surface area contributed by atoms with Crippen LogP contribution in [0.4, 0.5) is 10.1 Å². The molecule has 1 aliphatic heterocycles. The summed E-state index contributed by atoms with van der Waals surface area (Å²) >= 11 is 0. The predicted octanol–water partition coefficient (Wildman–Crippen LogP) is 2.37. The summed E-state index contributed by atoms with van der Waals surface area (Å²) in [6.45, 7) is 8.25. The van der Waals surface area contributed by atoms with Crippen molar-refractivity contribution < 1.29 is 4.39 Å². The van der Waals surface area contributed by atoms with Gasteiger partial charge in [0.25, 0.3) is 0 Å².